The van der Waals surface area contributed by atoms with E-state index in [1.807, 2.05) is 54.6 Å². The summed E-state index contributed by atoms with van der Waals surface area (Å²) < 4.78 is 5.35. The van der Waals surface area contributed by atoms with Crippen molar-refractivity contribution in [2.75, 3.05) is 22.3 Å². The molecule has 9 heteroatoms. The highest BCUT2D eigenvalue weighted by molar-refractivity contribution is 8.17. The van der Waals surface area contributed by atoms with Crippen molar-refractivity contribution in [3.8, 4) is 5.75 Å². The average Bonchev–Trinajstić information content (AvgIpc) is 3.43. The average molecular weight is 519 g/mol. The van der Waals surface area contributed by atoms with E-state index in [9.17, 15) is 9.59 Å². The first kappa shape index (κ1) is 23.1. The van der Waals surface area contributed by atoms with Crippen LogP contribution in [0.25, 0.3) is 0 Å². The number of carbonyl (C=O) groups is 2. The van der Waals surface area contributed by atoms with Gasteiger partial charge < -0.3 is 10.1 Å². The topological polar surface area (TPSA) is 74.2 Å². The van der Waals surface area contributed by atoms with Crippen LogP contribution in [0.2, 0.25) is 0 Å². The summed E-state index contributed by atoms with van der Waals surface area (Å²) in [4.78, 5) is 30.1. The van der Waals surface area contributed by atoms with Gasteiger partial charge in [-0.05, 0) is 78.9 Å². The van der Waals surface area contributed by atoms with Crippen molar-refractivity contribution in [2.45, 2.75) is 38.2 Å². The van der Waals surface area contributed by atoms with Gasteiger partial charge >= 0.3 is 0 Å². The van der Waals surface area contributed by atoms with Crippen molar-refractivity contribution < 1.29 is 14.3 Å². The molecule has 1 N–H and O–H groups in total. The summed E-state index contributed by atoms with van der Waals surface area (Å²) in [5.74, 6) is 1.08. The SMILES string of the molecule is COc1ccc(N2N=C(C(C)=O)S[C@@]23Nc2sc4c(c2C(=O)N3c2ccccc2)CC[C@H](C)C4)cc1. The van der Waals surface area contributed by atoms with E-state index >= 15 is 0 Å². The van der Waals surface area contributed by atoms with Gasteiger partial charge in [0.25, 0.3) is 11.0 Å². The first-order chi connectivity index (χ1) is 17.4. The Morgan fingerprint density at radius 2 is 1.89 bits per heavy atom. The molecule has 1 aliphatic carbocycles. The Morgan fingerprint density at radius 3 is 2.58 bits per heavy atom. The largest absolute Gasteiger partial charge is 0.497 e. The fourth-order valence-corrected chi connectivity index (χ4v) is 7.78. The number of benzene rings is 2. The molecule has 6 rings (SSSR count). The minimum Gasteiger partial charge on any atom is -0.497 e. The van der Waals surface area contributed by atoms with Crippen LogP contribution in [0.15, 0.2) is 59.7 Å². The maximum absolute atomic E-state index is 14.4. The van der Waals surface area contributed by atoms with Crippen LogP contribution in [0.3, 0.4) is 0 Å². The Hall–Kier alpha value is -3.30. The number of ether oxygens (including phenoxy) is 1. The third-order valence-electron chi connectivity index (χ3n) is 6.86. The van der Waals surface area contributed by atoms with Gasteiger partial charge in [0.1, 0.15) is 10.8 Å². The number of anilines is 3. The number of amides is 1. The molecule has 36 heavy (non-hydrogen) atoms. The van der Waals surface area contributed by atoms with E-state index < -0.39 is 5.12 Å². The minimum absolute atomic E-state index is 0.0759. The van der Waals surface area contributed by atoms with Crippen LogP contribution >= 0.6 is 23.1 Å². The lowest BCUT2D eigenvalue weighted by Gasteiger charge is -2.47. The maximum Gasteiger partial charge on any atom is 0.274 e. The van der Waals surface area contributed by atoms with Gasteiger partial charge in [0, 0.05) is 17.5 Å². The fraction of sp³-hybridized carbons (Fsp3) is 0.296. The lowest BCUT2D eigenvalue weighted by atomic mass is 9.88. The molecule has 184 valence electrons. The molecule has 1 aromatic heterocycles. The first-order valence-corrected chi connectivity index (χ1v) is 13.6. The highest BCUT2D eigenvalue weighted by atomic mass is 32.2. The van der Waals surface area contributed by atoms with Gasteiger partial charge in [0.2, 0.25) is 0 Å². The highest BCUT2D eigenvalue weighted by Crippen LogP contribution is 2.53. The summed E-state index contributed by atoms with van der Waals surface area (Å²) in [5, 5.41) is 10.2. The molecule has 0 saturated carbocycles. The van der Waals surface area contributed by atoms with Gasteiger partial charge in [-0.3, -0.25) is 14.5 Å². The van der Waals surface area contributed by atoms with Gasteiger partial charge in [0.15, 0.2) is 10.8 Å². The third kappa shape index (κ3) is 3.52. The van der Waals surface area contributed by atoms with Crippen LogP contribution in [-0.2, 0) is 17.6 Å². The number of hydrogen-bond donors (Lipinski definition) is 1. The van der Waals surface area contributed by atoms with Gasteiger partial charge in [-0.2, -0.15) is 5.10 Å². The molecule has 2 atom stereocenters. The molecule has 0 bridgehead atoms. The van der Waals surface area contributed by atoms with Crippen molar-refractivity contribution in [3.05, 3.63) is 70.6 Å². The number of methoxy groups -OCH3 is 1. The number of thioether (sulfide) groups is 1. The molecule has 3 aromatic rings. The van der Waals surface area contributed by atoms with Crippen molar-refractivity contribution in [1.29, 1.82) is 0 Å². The van der Waals surface area contributed by atoms with E-state index in [0.29, 0.717) is 16.7 Å². The monoisotopic (exact) mass is 518 g/mol. The number of nitrogens with zero attached hydrogens (tertiary/aromatic N) is 3. The van der Waals surface area contributed by atoms with E-state index in [0.717, 1.165) is 46.8 Å². The van der Waals surface area contributed by atoms with Crippen molar-refractivity contribution in [3.63, 3.8) is 0 Å². The number of ketones is 1. The molecule has 1 amide bonds. The molecule has 2 aromatic carbocycles. The zero-order chi connectivity index (χ0) is 25.0. The second kappa shape index (κ2) is 8.67. The predicted octanol–water partition coefficient (Wildman–Crippen LogP) is 5.72. The first-order valence-electron chi connectivity index (χ1n) is 12.0. The molecule has 0 unspecified atom stereocenters. The number of Topliss-reactive ketones (excluding diaryl/α,β-unsaturated/α-hetero) is 1. The van der Waals surface area contributed by atoms with Crippen molar-refractivity contribution in [1.82, 2.24) is 0 Å². The van der Waals surface area contributed by atoms with E-state index in [4.69, 9.17) is 9.84 Å². The number of hydrazone groups is 1. The normalized spacial score (nSPS) is 22.7. The number of thiophene rings is 1. The van der Waals surface area contributed by atoms with Crippen LogP contribution in [0.1, 0.15) is 41.1 Å². The summed E-state index contributed by atoms with van der Waals surface area (Å²) in [7, 11) is 1.62. The summed E-state index contributed by atoms with van der Waals surface area (Å²) in [6.07, 6.45) is 2.95. The highest BCUT2D eigenvalue weighted by Gasteiger charge is 2.57. The number of para-hydroxylation sites is 1. The standard InChI is InChI=1S/C27H26N4O3S2/c1-16-9-14-21-22(15-16)35-25-23(21)26(33)30(18-7-5-4-6-8-18)27(28-25)31(29-24(36-27)17(2)32)19-10-12-20(34-3)13-11-19/h4-8,10-13,16,28H,9,14-15H2,1-3H3/t16-,27+/m0/s1. The van der Waals surface area contributed by atoms with Gasteiger partial charge in [-0.1, -0.05) is 25.1 Å². The molecule has 0 radical (unpaired) electrons. The van der Waals surface area contributed by atoms with Crippen LogP contribution in [0.5, 0.6) is 5.75 Å². The Morgan fingerprint density at radius 1 is 1.14 bits per heavy atom. The zero-order valence-electron chi connectivity index (χ0n) is 20.3. The molecular formula is C27H26N4O3S2. The van der Waals surface area contributed by atoms with Crippen LogP contribution in [-0.4, -0.2) is 29.0 Å². The Balaban J connectivity index is 1.56. The quantitative estimate of drug-likeness (QED) is 0.476. The van der Waals surface area contributed by atoms with E-state index in [1.165, 1.54) is 23.6 Å². The second-order valence-electron chi connectivity index (χ2n) is 9.34. The lowest BCUT2D eigenvalue weighted by molar-refractivity contribution is -0.110. The van der Waals surface area contributed by atoms with Gasteiger partial charge in [-0.25, -0.2) is 5.01 Å². The number of rotatable bonds is 4. The van der Waals surface area contributed by atoms with Gasteiger partial charge in [-0.15, -0.1) is 11.3 Å². The van der Waals surface area contributed by atoms with E-state index in [2.05, 4.69) is 12.2 Å². The molecule has 7 nitrogen and oxygen atoms in total. The number of nitrogens with one attached hydrogen (secondary N) is 1. The molecule has 1 spiro atoms. The number of fused-ring (bicyclic) bond motifs is 3. The zero-order valence-corrected chi connectivity index (χ0v) is 21.9. The van der Waals surface area contributed by atoms with E-state index in [1.54, 1.807) is 28.4 Å². The maximum atomic E-state index is 14.4. The molecule has 3 aliphatic rings. The molecule has 0 saturated heterocycles. The van der Waals surface area contributed by atoms with Gasteiger partial charge in [0.05, 0.1) is 18.4 Å². The third-order valence-corrected chi connectivity index (χ3v) is 9.33. The van der Waals surface area contributed by atoms with Crippen LogP contribution in [0.4, 0.5) is 16.4 Å². The Bertz CT molecular complexity index is 1390. The summed E-state index contributed by atoms with van der Waals surface area (Å²) in [6.45, 7) is 3.77. The smallest absolute Gasteiger partial charge is 0.274 e. The van der Waals surface area contributed by atoms with Crippen LogP contribution in [0, 0.1) is 5.92 Å². The summed E-state index contributed by atoms with van der Waals surface area (Å²) >= 11 is 2.93. The summed E-state index contributed by atoms with van der Waals surface area (Å²) in [6, 6.07) is 17.1. The Kier molecular flexibility index (Phi) is 5.57. The fourth-order valence-electron chi connectivity index (χ4n) is 5.06. The number of carbonyl (C=O) groups excluding carboxylic acids is 2. The van der Waals surface area contributed by atoms with Crippen molar-refractivity contribution in [2.24, 2.45) is 11.0 Å². The minimum atomic E-state index is -1.18. The number of hydrogen-bond acceptors (Lipinski definition) is 8. The molecule has 0 fully saturated rings. The Labute approximate surface area is 218 Å². The molecular weight excluding hydrogens is 492 g/mol. The van der Waals surface area contributed by atoms with E-state index in [-0.39, 0.29) is 11.7 Å². The second-order valence-corrected chi connectivity index (χ2v) is 11.6. The predicted molar refractivity (Wildman–Crippen MR) is 146 cm³/mol. The molecule has 2 aliphatic heterocycles. The van der Waals surface area contributed by atoms with Crippen molar-refractivity contribution >= 4 is 56.2 Å². The lowest BCUT2D eigenvalue weighted by Crippen LogP contribution is -2.65. The molecule has 3 heterocycles. The summed E-state index contributed by atoms with van der Waals surface area (Å²) in [5.41, 5.74) is 3.38. The van der Waals surface area contributed by atoms with Crippen LogP contribution < -0.4 is 20.0 Å².